The lowest BCUT2D eigenvalue weighted by Crippen LogP contribution is -2.27. The molecule has 1 aromatic heterocycles. The number of aryl methyl sites for hydroxylation is 2. The molecule has 0 aliphatic heterocycles. The zero-order valence-corrected chi connectivity index (χ0v) is 14.1. The van der Waals surface area contributed by atoms with E-state index in [2.05, 4.69) is 4.98 Å². The van der Waals surface area contributed by atoms with Crippen molar-refractivity contribution in [3.8, 4) is 5.88 Å². The molecule has 5 nitrogen and oxygen atoms in total. The predicted molar refractivity (Wildman–Crippen MR) is 89.5 cm³/mol. The fourth-order valence-electron chi connectivity index (χ4n) is 2.84. The fourth-order valence-corrected chi connectivity index (χ4v) is 4.04. The number of sulfonamides is 1. The van der Waals surface area contributed by atoms with Crippen molar-refractivity contribution in [1.82, 2.24) is 4.98 Å². The molecule has 0 bridgehead atoms. The van der Waals surface area contributed by atoms with Crippen LogP contribution in [0.25, 0.3) is 0 Å². The molecule has 0 N–H and O–H groups in total. The molecule has 0 spiro atoms. The lowest BCUT2D eigenvalue weighted by Gasteiger charge is -2.21. The summed E-state index contributed by atoms with van der Waals surface area (Å²) in [6.45, 7) is 0. The number of rotatable bonds is 4. The average Bonchev–Trinajstić information content (AvgIpc) is 2.60. The standard InChI is InChI=1S/C17H20N2O3S/c1-19(16-8-5-9-17(18-16)22-2)23(20,21)15-11-10-13-6-3-4-7-14(13)12-15/h5,8-12H,3-4,6-7H2,1-2H3. The van der Waals surface area contributed by atoms with Crippen LogP contribution in [0.2, 0.25) is 0 Å². The lowest BCUT2D eigenvalue weighted by atomic mass is 9.92. The van der Waals surface area contributed by atoms with E-state index in [9.17, 15) is 8.42 Å². The molecular weight excluding hydrogens is 312 g/mol. The summed E-state index contributed by atoms with van der Waals surface area (Å²) in [6.07, 6.45) is 4.26. The lowest BCUT2D eigenvalue weighted by molar-refractivity contribution is 0.398. The Balaban J connectivity index is 1.97. The molecule has 1 aliphatic rings. The van der Waals surface area contributed by atoms with Crippen molar-refractivity contribution >= 4 is 15.8 Å². The van der Waals surface area contributed by atoms with Crippen molar-refractivity contribution in [3.63, 3.8) is 0 Å². The third-order valence-corrected chi connectivity index (χ3v) is 5.98. The molecule has 6 heteroatoms. The molecule has 0 saturated heterocycles. The quantitative estimate of drug-likeness (QED) is 0.864. The van der Waals surface area contributed by atoms with Crippen molar-refractivity contribution in [1.29, 1.82) is 0 Å². The molecule has 1 aromatic carbocycles. The summed E-state index contributed by atoms with van der Waals surface area (Å²) in [5, 5.41) is 0. The molecule has 3 rings (SSSR count). The highest BCUT2D eigenvalue weighted by atomic mass is 32.2. The first-order chi connectivity index (χ1) is 11.0. The number of hydrogen-bond donors (Lipinski definition) is 0. The first kappa shape index (κ1) is 15.8. The van der Waals surface area contributed by atoms with Crippen LogP contribution in [-0.2, 0) is 22.9 Å². The smallest absolute Gasteiger partial charge is 0.265 e. The van der Waals surface area contributed by atoms with E-state index >= 15 is 0 Å². The zero-order valence-electron chi connectivity index (χ0n) is 13.3. The van der Waals surface area contributed by atoms with Gasteiger partial charge in [0.2, 0.25) is 5.88 Å². The summed E-state index contributed by atoms with van der Waals surface area (Å²) in [6, 6.07) is 10.5. The van der Waals surface area contributed by atoms with E-state index in [1.165, 1.54) is 30.4 Å². The zero-order chi connectivity index (χ0) is 16.4. The molecule has 122 valence electrons. The van der Waals surface area contributed by atoms with Crippen molar-refractivity contribution in [2.45, 2.75) is 30.6 Å². The molecule has 0 atom stereocenters. The topological polar surface area (TPSA) is 59.5 Å². The number of methoxy groups -OCH3 is 1. The van der Waals surface area contributed by atoms with E-state index in [4.69, 9.17) is 4.74 Å². The summed E-state index contributed by atoms with van der Waals surface area (Å²) < 4.78 is 32.0. The Morgan fingerprint density at radius 3 is 2.57 bits per heavy atom. The number of aromatic nitrogens is 1. The van der Waals surface area contributed by atoms with Crippen LogP contribution in [0.4, 0.5) is 5.82 Å². The molecule has 0 radical (unpaired) electrons. The van der Waals surface area contributed by atoms with Crippen LogP contribution in [0.5, 0.6) is 5.88 Å². The van der Waals surface area contributed by atoms with Gasteiger partial charge < -0.3 is 4.74 Å². The van der Waals surface area contributed by atoms with Crippen molar-refractivity contribution in [2.75, 3.05) is 18.5 Å². The van der Waals surface area contributed by atoms with Gasteiger partial charge in [-0.3, -0.25) is 4.31 Å². The van der Waals surface area contributed by atoms with Crippen molar-refractivity contribution in [3.05, 3.63) is 47.5 Å². The Morgan fingerprint density at radius 2 is 1.83 bits per heavy atom. The Morgan fingerprint density at radius 1 is 1.09 bits per heavy atom. The van der Waals surface area contributed by atoms with Gasteiger partial charge in [-0.05, 0) is 55.0 Å². The molecule has 0 saturated carbocycles. The Kier molecular flexibility index (Phi) is 4.26. The monoisotopic (exact) mass is 332 g/mol. The molecule has 0 unspecified atom stereocenters. The van der Waals surface area contributed by atoms with Crippen LogP contribution in [0.15, 0.2) is 41.3 Å². The number of anilines is 1. The van der Waals surface area contributed by atoms with Gasteiger partial charge in [0.1, 0.15) is 5.82 Å². The molecule has 2 aromatic rings. The van der Waals surface area contributed by atoms with Crippen LogP contribution in [0.3, 0.4) is 0 Å². The van der Waals surface area contributed by atoms with Crippen LogP contribution < -0.4 is 9.04 Å². The third-order valence-electron chi connectivity index (χ3n) is 4.22. The number of nitrogens with zero attached hydrogens (tertiary/aromatic N) is 2. The second-order valence-corrected chi connectivity index (χ2v) is 7.62. The predicted octanol–water partition coefficient (Wildman–Crippen LogP) is 2.79. The Labute approximate surface area is 137 Å². The van der Waals surface area contributed by atoms with E-state index in [1.54, 1.807) is 30.3 Å². The number of ether oxygens (including phenoxy) is 1. The van der Waals surface area contributed by atoms with Crippen LogP contribution >= 0.6 is 0 Å². The van der Waals surface area contributed by atoms with Crippen molar-refractivity contribution in [2.24, 2.45) is 0 Å². The maximum absolute atomic E-state index is 12.9. The number of fused-ring (bicyclic) bond motifs is 1. The van der Waals surface area contributed by atoms with Gasteiger partial charge in [-0.25, -0.2) is 8.42 Å². The minimum atomic E-state index is -3.64. The second kappa shape index (κ2) is 6.20. The van der Waals surface area contributed by atoms with Gasteiger partial charge in [0, 0.05) is 13.1 Å². The molecule has 0 amide bonds. The fraction of sp³-hybridized carbons (Fsp3) is 0.353. The summed E-state index contributed by atoms with van der Waals surface area (Å²) in [5.74, 6) is 0.720. The summed E-state index contributed by atoms with van der Waals surface area (Å²) in [5.41, 5.74) is 2.40. The molecule has 0 fully saturated rings. The van der Waals surface area contributed by atoms with Gasteiger partial charge in [0.25, 0.3) is 10.0 Å². The van der Waals surface area contributed by atoms with Gasteiger partial charge in [-0.1, -0.05) is 12.1 Å². The van der Waals surface area contributed by atoms with Gasteiger partial charge >= 0.3 is 0 Å². The number of hydrogen-bond acceptors (Lipinski definition) is 4. The van der Waals surface area contributed by atoms with Gasteiger partial charge in [-0.15, -0.1) is 0 Å². The average molecular weight is 332 g/mol. The van der Waals surface area contributed by atoms with Crippen LogP contribution in [-0.4, -0.2) is 27.6 Å². The van der Waals surface area contributed by atoms with Gasteiger partial charge in [0.05, 0.1) is 12.0 Å². The number of pyridine rings is 1. The molecule has 23 heavy (non-hydrogen) atoms. The van der Waals surface area contributed by atoms with Crippen molar-refractivity contribution < 1.29 is 13.2 Å². The summed E-state index contributed by atoms with van der Waals surface area (Å²) in [4.78, 5) is 4.51. The molecule has 1 heterocycles. The first-order valence-electron chi connectivity index (χ1n) is 7.64. The third kappa shape index (κ3) is 3.03. The maximum Gasteiger partial charge on any atom is 0.265 e. The van der Waals surface area contributed by atoms with Gasteiger partial charge in [-0.2, -0.15) is 4.98 Å². The highest BCUT2D eigenvalue weighted by Gasteiger charge is 2.24. The van der Waals surface area contributed by atoms with E-state index in [0.29, 0.717) is 16.6 Å². The Bertz CT molecular complexity index is 818. The van der Waals surface area contributed by atoms with E-state index in [1.807, 2.05) is 6.07 Å². The molecular formula is C17H20N2O3S. The SMILES string of the molecule is COc1cccc(N(C)S(=O)(=O)c2ccc3c(c2)CCCC3)n1. The van der Waals surface area contributed by atoms with Gasteiger partial charge in [0.15, 0.2) is 0 Å². The normalized spacial score (nSPS) is 14.2. The largest absolute Gasteiger partial charge is 0.481 e. The minimum Gasteiger partial charge on any atom is -0.481 e. The van der Waals surface area contributed by atoms with E-state index in [-0.39, 0.29) is 0 Å². The van der Waals surface area contributed by atoms with Crippen LogP contribution in [0.1, 0.15) is 24.0 Å². The minimum absolute atomic E-state index is 0.310. The Hall–Kier alpha value is -2.08. The highest BCUT2D eigenvalue weighted by Crippen LogP contribution is 2.27. The first-order valence-corrected chi connectivity index (χ1v) is 9.08. The van der Waals surface area contributed by atoms with E-state index in [0.717, 1.165) is 24.8 Å². The van der Waals surface area contributed by atoms with E-state index < -0.39 is 10.0 Å². The van der Waals surface area contributed by atoms with Crippen LogP contribution in [0, 0.1) is 0 Å². The maximum atomic E-state index is 12.9. The highest BCUT2D eigenvalue weighted by molar-refractivity contribution is 7.92. The molecule has 1 aliphatic carbocycles. The summed E-state index contributed by atoms with van der Waals surface area (Å²) >= 11 is 0. The number of benzene rings is 1. The second-order valence-electron chi connectivity index (χ2n) is 5.65. The summed E-state index contributed by atoms with van der Waals surface area (Å²) in [7, 11) is -0.621.